The first kappa shape index (κ1) is 21.0. The summed E-state index contributed by atoms with van der Waals surface area (Å²) in [6.45, 7) is 4.55. The van der Waals surface area contributed by atoms with E-state index in [1.54, 1.807) is 19.2 Å². The van der Waals surface area contributed by atoms with Crippen LogP contribution < -0.4 is 5.32 Å². The molecule has 10 nitrogen and oxygen atoms in total. The molecule has 0 spiro atoms. The molecule has 1 saturated heterocycles. The van der Waals surface area contributed by atoms with Gasteiger partial charge in [0.15, 0.2) is 0 Å². The minimum absolute atomic E-state index is 0.0902. The van der Waals surface area contributed by atoms with Crippen molar-refractivity contribution in [3.05, 3.63) is 47.6 Å². The number of nitrogens with zero attached hydrogens (tertiary/aromatic N) is 6. The molecule has 4 heterocycles. The van der Waals surface area contributed by atoms with E-state index in [1.807, 2.05) is 12.1 Å². The Morgan fingerprint density at radius 2 is 2.21 bits per heavy atom. The van der Waals surface area contributed by atoms with Gasteiger partial charge in [0.25, 0.3) is 0 Å². The average Bonchev–Trinajstić information content (AvgIpc) is 3.40. The predicted molar refractivity (Wildman–Crippen MR) is 118 cm³/mol. The highest BCUT2D eigenvalue weighted by atomic mass is 16.5. The molecule has 168 valence electrons. The van der Waals surface area contributed by atoms with Crippen molar-refractivity contribution in [3.63, 3.8) is 0 Å². The van der Waals surface area contributed by atoms with Crippen molar-refractivity contribution >= 4 is 27.8 Å². The molecule has 0 radical (unpaired) electrons. The van der Waals surface area contributed by atoms with Crippen molar-refractivity contribution < 1.29 is 13.9 Å². The molecule has 10 heteroatoms. The molecule has 1 aliphatic heterocycles. The van der Waals surface area contributed by atoms with Crippen LogP contribution in [0.15, 0.2) is 28.8 Å². The van der Waals surface area contributed by atoms with Crippen molar-refractivity contribution in [3.8, 4) is 6.07 Å². The number of hydrogen-bond donors (Lipinski definition) is 1. The third kappa shape index (κ3) is 4.15. The summed E-state index contributed by atoms with van der Waals surface area (Å²) < 4.78 is 13.2. The minimum Gasteiger partial charge on any atom is -0.424 e. The van der Waals surface area contributed by atoms with E-state index in [4.69, 9.17) is 14.1 Å². The SMILES string of the molecule is Cc1nnc(CNC(=O)Cc2nc3cnc4ccc(C#N)cc4c3n2[C@@H]2CCO[C@H](C)C2)o1. The lowest BCUT2D eigenvalue weighted by molar-refractivity contribution is -0.120. The van der Waals surface area contributed by atoms with Crippen LogP contribution in [-0.4, -0.2) is 43.4 Å². The number of aryl methyl sites for hydroxylation is 1. The van der Waals surface area contributed by atoms with E-state index in [-0.39, 0.29) is 31.0 Å². The van der Waals surface area contributed by atoms with Gasteiger partial charge >= 0.3 is 0 Å². The monoisotopic (exact) mass is 445 g/mol. The molecule has 1 N–H and O–H groups in total. The number of hydrogen-bond acceptors (Lipinski definition) is 8. The maximum Gasteiger partial charge on any atom is 0.235 e. The molecule has 1 fully saturated rings. The van der Waals surface area contributed by atoms with Crippen molar-refractivity contribution in [1.29, 1.82) is 5.26 Å². The van der Waals surface area contributed by atoms with Crippen LogP contribution in [0.2, 0.25) is 0 Å². The Balaban J connectivity index is 1.55. The molecular formula is C23H23N7O3. The van der Waals surface area contributed by atoms with Crippen molar-refractivity contribution in [1.82, 2.24) is 30.0 Å². The molecule has 0 aliphatic carbocycles. The fourth-order valence-electron chi connectivity index (χ4n) is 4.41. The largest absolute Gasteiger partial charge is 0.424 e. The third-order valence-electron chi connectivity index (χ3n) is 5.86. The van der Waals surface area contributed by atoms with Crippen LogP contribution in [0.1, 0.15) is 49.0 Å². The zero-order chi connectivity index (χ0) is 22.9. The van der Waals surface area contributed by atoms with Gasteiger partial charge in [-0.25, -0.2) is 4.98 Å². The first-order valence-corrected chi connectivity index (χ1v) is 10.9. The van der Waals surface area contributed by atoms with Gasteiger partial charge in [-0.3, -0.25) is 9.78 Å². The van der Waals surface area contributed by atoms with Gasteiger partial charge in [0.05, 0.1) is 47.9 Å². The van der Waals surface area contributed by atoms with Crippen LogP contribution in [-0.2, 0) is 22.5 Å². The Morgan fingerprint density at radius 1 is 1.33 bits per heavy atom. The predicted octanol–water partition coefficient (Wildman–Crippen LogP) is 2.75. The van der Waals surface area contributed by atoms with Crippen LogP contribution in [0.4, 0.5) is 0 Å². The molecule has 1 aromatic carbocycles. The van der Waals surface area contributed by atoms with E-state index < -0.39 is 0 Å². The summed E-state index contributed by atoms with van der Waals surface area (Å²) in [6.07, 6.45) is 3.54. The number of rotatable bonds is 5. The molecule has 1 aliphatic rings. The maximum atomic E-state index is 12.8. The zero-order valence-electron chi connectivity index (χ0n) is 18.4. The highest BCUT2D eigenvalue weighted by molar-refractivity contribution is 6.03. The third-order valence-corrected chi connectivity index (χ3v) is 5.86. The minimum atomic E-state index is -0.197. The number of fused-ring (bicyclic) bond motifs is 3. The van der Waals surface area contributed by atoms with Crippen molar-refractivity contribution in [2.24, 2.45) is 0 Å². The smallest absolute Gasteiger partial charge is 0.235 e. The van der Waals surface area contributed by atoms with Crippen LogP contribution in [0, 0.1) is 18.3 Å². The van der Waals surface area contributed by atoms with Crippen LogP contribution >= 0.6 is 0 Å². The Kier molecular flexibility index (Phi) is 5.48. The van der Waals surface area contributed by atoms with Gasteiger partial charge in [0, 0.05) is 25.0 Å². The van der Waals surface area contributed by atoms with E-state index in [9.17, 15) is 10.1 Å². The summed E-state index contributed by atoms with van der Waals surface area (Å²) >= 11 is 0. The lowest BCUT2D eigenvalue weighted by Crippen LogP contribution is -2.29. The molecule has 0 bridgehead atoms. The van der Waals surface area contributed by atoms with Gasteiger partial charge in [0.2, 0.25) is 17.7 Å². The summed E-state index contributed by atoms with van der Waals surface area (Å²) in [4.78, 5) is 22.1. The number of carbonyl (C=O) groups excluding carboxylic acids is 1. The molecule has 2 atom stereocenters. The molecule has 4 aromatic rings. The van der Waals surface area contributed by atoms with E-state index in [0.717, 1.165) is 29.3 Å². The van der Waals surface area contributed by atoms with E-state index in [1.165, 1.54) is 0 Å². The van der Waals surface area contributed by atoms with E-state index in [0.29, 0.717) is 35.3 Å². The number of nitrogens with one attached hydrogen (secondary N) is 1. The number of nitriles is 1. The summed E-state index contributed by atoms with van der Waals surface area (Å²) in [5.41, 5.74) is 2.93. The number of benzene rings is 1. The molecule has 33 heavy (non-hydrogen) atoms. The summed E-state index contributed by atoms with van der Waals surface area (Å²) in [5, 5.41) is 20.8. The Bertz CT molecular complexity index is 1380. The summed E-state index contributed by atoms with van der Waals surface area (Å²) in [5.74, 6) is 1.26. The first-order chi connectivity index (χ1) is 16.0. The van der Waals surface area contributed by atoms with Crippen LogP contribution in [0.3, 0.4) is 0 Å². The summed E-state index contributed by atoms with van der Waals surface area (Å²) in [6, 6.07) is 7.76. The quantitative estimate of drug-likeness (QED) is 0.496. The molecule has 1 amide bonds. The number of amides is 1. The van der Waals surface area contributed by atoms with Gasteiger partial charge in [-0.1, -0.05) is 0 Å². The Labute approximate surface area is 189 Å². The molecule has 5 rings (SSSR count). The maximum absolute atomic E-state index is 12.8. The highest BCUT2D eigenvalue weighted by Gasteiger charge is 2.27. The van der Waals surface area contributed by atoms with Crippen molar-refractivity contribution in [2.75, 3.05) is 6.61 Å². The van der Waals surface area contributed by atoms with E-state index in [2.05, 4.69) is 38.1 Å². The van der Waals surface area contributed by atoms with Gasteiger partial charge in [-0.2, -0.15) is 5.26 Å². The second-order valence-electron chi connectivity index (χ2n) is 8.26. The van der Waals surface area contributed by atoms with Gasteiger partial charge in [-0.15, -0.1) is 10.2 Å². The lowest BCUT2D eigenvalue weighted by Gasteiger charge is -2.30. The highest BCUT2D eigenvalue weighted by Crippen LogP contribution is 2.34. The Hall–Kier alpha value is -3.84. The number of pyridine rings is 1. The van der Waals surface area contributed by atoms with Gasteiger partial charge in [0.1, 0.15) is 11.3 Å². The lowest BCUT2D eigenvalue weighted by atomic mass is 10.0. The molecular weight excluding hydrogens is 422 g/mol. The molecule has 0 unspecified atom stereocenters. The molecule has 3 aromatic heterocycles. The Morgan fingerprint density at radius 3 is 2.97 bits per heavy atom. The number of imidazole rings is 1. The van der Waals surface area contributed by atoms with E-state index >= 15 is 0 Å². The zero-order valence-corrected chi connectivity index (χ0v) is 18.4. The second-order valence-corrected chi connectivity index (χ2v) is 8.26. The van der Waals surface area contributed by atoms with Crippen LogP contribution in [0.25, 0.3) is 21.9 Å². The summed E-state index contributed by atoms with van der Waals surface area (Å²) in [7, 11) is 0. The number of carbonyl (C=O) groups is 1. The van der Waals surface area contributed by atoms with Gasteiger partial charge < -0.3 is 19.0 Å². The fourth-order valence-corrected chi connectivity index (χ4v) is 4.41. The topological polar surface area (TPSA) is 132 Å². The first-order valence-electron chi connectivity index (χ1n) is 10.9. The fraction of sp³-hybridized carbons (Fsp3) is 0.391. The molecule has 0 saturated carbocycles. The normalized spacial score (nSPS) is 18.5. The van der Waals surface area contributed by atoms with Crippen molar-refractivity contribution in [2.45, 2.75) is 51.8 Å². The average molecular weight is 445 g/mol. The van der Waals surface area contributed by atoms with Gasteiger partial charge in [-0.05, 0) is 38.0 Å². The number of aromatic nitrogens is 5. The standard InChI is InChI=1S/C23H23N7O3/c1-13-7-16(5-6-32-13)30-20(9-21(31)26-12-22-29-28-14(2)33-22)27-19-11-25-18-4-3-15(10-24)8-17(18)23(19)30/h3-4,8,11,13,16H,5-7,9,12H2,1-2H3,(H,26,31)/t13-,16-/m1/s1. The number of ether oxygens (including phenoxy) is 1. The van der Waals surface area contributed by atoms with Crippen LogP contribution in [0.5, 0.6) is 0 Å². The second kappa shape index (κ2) is 8.60.